The number of nitrogens with zero attached hydrogens (tertiary/aromatic N) is 1. The molecule has 2 heteroatoms. The van der Waals surface area contributed by atoms with Gasteiger partial charge < -0.3 is 0 Å². The van der Waals surface area contributed by atoms with Gasteiger partial charge >= 0.3 is 0 Å². The Morgan fingerprint density at radius 3 is 2.00 bits per heavy atom. The average molecular weight is 243 g/mol. The van der Waals surface area contributed by atoms with E-state index in [1.54, 1.807) is 0 Å². The zero-order chi connectivity index (χ0) is 13.2. The molecule has 0 aromatic rings. The summed E-state index contributed by atoms with van der Waals surface area (Å²) in [7, 11) is 0. The largest absolute Gasteiger partial charge is 0.287 e. The van der Waals surface area contributed by atoms with Gasteiger partial charge in [0, 0.05) is 6.21 Å². The second kappa shape index (κ2) is 9.95. The lowest BCUT2D eigenvalue weighted by Gasteiger charge is -2.25. The fraction of sp³-hybridized carbons (Fsp3) is 0.786. The lowest BCUT2D eigenvalue weighted by atomic mass is 9.89. The van der Waals surface area contributed by atoms with Gasteiger partial charge in [-0.15, -0.1) is 6.58 Å². The Bertz CT molecular complexity index is 199. The van der Waals surface area contributed by atoms with Gasteiger partial charge in [0.05, 0.1) is 5.54 Å². The van der Waals surface area contributed by atoms with Crippen molar-refractivity contribution >= 4 is 18.8 Å². The number of thiol groups is 1. The van der Waals surface area contributed by atoms with Crippen molar-refractivity contribution in [3.63, 3.8) is 0 Å². The molecule has 0 N–H and O–H groups in total. The molecule has 16 heavy (non-hydrogen) atoms. The van der Waals surface area contributed by atoms with E-state index in [1.165, 1.54) is 0 Å². The fourth-order valence-electron chi connectivity index (χ4n) is 0.831. The molecule has 0 aromatic carbocycles. The van der Waals surface area contributed by atoms with Crippen molar-refractivity contribution in [2.24, 2.45) is 16.8 Å². The molecule has 0 aliphatic rings. The maximum atomic E-state index is 4.60. The number of hydrogen-bond acceptors (Lipinski definition) is 2. The lowest BCUT2D eigenvalue weighted by Crippen LogP contribution is -2.26. The normalized spacial score (nSPS) is 16.5. The summed E-state index contributed by atoms with van der Waals surface area (Å²) in [6.07, 6.45) is 5.15. The average Bonchev–Trinajstić information content (AvgIpc) is 2.26. The van der Waals surface area contributed by atoms with Gasteiger partial charge in [0.1, 0.15) is 0 Å². The summed E-state index contributed by atoms with van der Waals surface area (Å²) in [4.78, 5) is 4.60. The van der Waals surface area contributed by atoms with Crippen LogP contribution in [0.25, 0.3) is 0 Å². The Labute approximate surface area is 108 Å². The highest BCUT2D eigenvalue weighted by Gasteiger charge is 2.22. The fourth-order valence-corrected chi connectivity index (χ4v) is 0.831. The van der Waals surface area contributed by atoms with Crippen LogP contribution in [0.4, 0.5) is 0 Å². The summed E-state index contributed by atoms with van der Waals surface area (Å²) >= 11 is 3.79. The predicted molar refractivity (Wildman–Crippen MR) is 80.9 cm³/mol. The quantitative estimate of drug-likeness (QED) is 0.410. The lowest BCUT2D eigenvalue weighted by molar-refractivity contribution is 0.422. The first-order valence-electron chi connectivity index (χ1n) is 6.17. The Hall–Kier alpha value is -0.240. The molecule has 0 aliphatic heterocycles. The molecule has 0 spiro atoms. The van der Waals surface area contributed by atoms with Gasteiger partial charge in [-0.1, -0.05) is 40.7 Å². The van der Waals surface area contributed by atoms with Crippen LogP contribution in [0.2, 0.25) is 0 Å². The maximum absolute atomic E-state index is 4.60. The van der Waals surface area contributed by atoms with Gasteiger partial charge in [0.2, 0.25) is 0 Å². The van der Waals surface area contributed by atoms with Gasteiger partial charge in [0.25, 0.3) is 0 Å². The Morgan fingerprint density at radius 1 is 1.31 bits per heavy atom. The zero-order valence-electron chi connectivity index (χ0n) is 11.8. The van der Waals surface area contributed by atoms with Crippen LogP contribution >= 0.6 is 12.6 Å². The molecule has 0 fully saturated rings. The first-order valence-corrected chi connectivity index (χ1v) is 6.80. The monoisotopic (exact) mass is 243 g/mol. The number of aliphatic imine (C=N–C) groups is 1. The Morgan fingerprint density at radius 2 is 1.75 bits per heavy atom. The molecule has 0 amide bonds. The predicted octanol–water partition coefficient (Wildman–Crippen LogP) is 4.64. The van der Waals surface area contributed by atoms with Gasteiger partial charge in [-0.05, 0) is 30.9 Å². The minimum Gasteiger partial charge on any atom is -0.287 e. The zero-order valence-corrected chi connectivity index (χ0v) is 12.7. The summed E-state index contributed by atoms with van der Waals surface area (Å²) in [6.45, 7) is 16.7. The Kier molecular flexibility index (Phi) is 11.3. The first kappa shape index (κ1) is 18.1. The highest BCUT2D eigenvalue weighted by atomic mass is 32.1. The minimum absolute atomic E-state index is 0.0938. The van der Waals surface area contributed by atoms with Crippen molar-refractivity contribution in [1.82, 2.24) is 0 Å². The molecule has 96 valence electrons. The summed E-state index contributed by atoms with van der Waals surface area (Å²) in [5, 5.41) is 0. The maximum Gasteiger partial charge on any atom is 0.0775 e. The van der Waals surface area contributed by atoms with Crippen molar-refractivity contribution in [2.75, 3.05) is 5.75 Å². The van der Waals surface area contributed by atoms with Crippen molar-refractivity contribution in [3.8, 4) is 0 Å². The van der Waals surface area contributed by atoms with Crippen molar-refractivity contribution in [2.45, 2.75) is 53.5 Å². The third kappa shape index (κ3) is 7.98. The number of hydrogen-bond donors (Lipinski definition) is 1. The summed E-state index contributed by atoms with van der Waals surface area (Å²) in [5.74, 6) is 2.02. The molecule has 0 aliphatic carbocycles. The molecular formula is C14H29NS. The first-order chi connectivity index (χ1) is 7.37. The second-order valence-electron chi connectivity index (χ2n) is 4.56. The van der Waals surface area contributed by atoms with Crippen LogP contribution in [0.1, 0.15) is 48.0 Å². The highest BCUT2D eigenvalue weighted by molar-refractivity contribution is 7.80. The molecule has 2 unspecified atom stereocenters. The van der Waals surface area contributed by atoms with E-state index < -0.39 is 0 Å². The van der Waals surface area contributed by atoms with E-state index in [1.807, 2.05) is 13.0 Å². The molecule has 0 bridgehead atoms. The summed E-state index contributed by atoms with van der Waals surface area (Å²) < 4.78 is 0. The molecule has 0 radical (unpaired) electrons. The van der Waals surface area contributed by atoms with Crippen LogP contribution in [-0.4, -0.2) is 17.5 Å². The van der Waals surface area contributed by atoms with Gasteiger partial charge in [-0.2, -0.15) is 12.6 Å². The van der Waals surface area contributed by atoms with E-state index in [0.29, 0.717) is 11.8 Å². The molecule has 0 heterocycles. The van der Waals surface area contributed by atoms with Crippen LogP contribution in [0.5, 0.6) is 0 Å². The Balaban J connectivity index is 0. The topological polar surface area (TPSA) is 12.4 Å². The third-order valence-corrected chi connectivity index (χ3v) is 2.83. The summed E-state index contributed by atoms with van der Waals surface area (Å²) in [5.41, 5.74) is -0.0938. The van der Waals surface area contributed by atoms with E-state index in [4.69, 9.17) is 0 Å². The third-order valence-electron chi connectivity index (χ3n) is 2.83. The van der Waals surface area contributed by atoms with E-state index in [-0.39, 0.29) is 5.54 Å². The van der Waals surface area contributed by atoms with Gasteiger partial charge in [0.15, 0.2) is 0 Å². The standard InChI is InChI=1S/C12H23N.C2H6S/c1-7-11(5)9-13-12(6,8-2)10(3)4;1-2-3/h8-11H,2,7H2,1,3-6H3;3H,2H2,1H3. The molecule has 1 nitrogen and oxygen atoms in total. The molecule has 0 saturated carbocycles. The highest BCUT2D eigenvalue weighted by Crippen LogP contribution is 2.22. The van der Waals surface area contributed by atoms with E-state index >= 15 is 0 Å². The van der Waals surface area contributed by atoms with Gasteiger partial charge in [-0.3, -0.25) is 4.99 Å². The van der Waals surface area contributed by atoms with Crippen LogP contribution in [-0.2, 0) is 0 Å². The van der Waals surface area contributed by atoms with Crippen molar-refractivity contribution < 1.29 is 0 Å². The smallest absolute Gasteiger partial charge is 0.0775 e. The van der Waals surface area contributed by atoms with Crippen LogP contribution in [0, 0.1) is 11.8 Å². The molecule has 0 rings (SSSR count). The number of rotatable bonds is 5. The molecular weight excluding hydrogens is 214 g/mol. The van der Waals surface area contributed by atoms with Crippen molar-refractivity contribution in [1.29, 1.82) is 0 Å². The van der Waals surface area contributed by atoms with E-state index in [9.17, 15) is 0 Å². The minimum atomic E-state index is -0.0938. The second-order valence-corrected chi connectivity index (χ2v) is 5.20. The molecule has 0 saturated heterocycles. The SMILES string of the molecule is C=CC(C)(N=CC(C)CC)C(C)C.CCS. The van der Waals surface area contributed by atoms with Crippen molar-refractivity contribution in [3.05, 3.63) is 12.7 Å². The van der Waals surface area contributed by atoms with Crippen LogP contribution in [0.3, 0.4) is 0 Å². The van der Waals surface area contributed by atoms with Crippen LogP contribution < -0.4 is 0 Å². The molecule has 2 atom stereocenters. The van der Waals surface area contributed by atoms with E-state index in [0.717, 1.165) is 12.2 Å². The molecule has 0 aromatic heterocycles. The van der Waals surface area contributed by atoms with E-state index in [2.05, 4.69) is 65.0 Å². The van der Waals surface area contributed by atoms with Crippen LogP contribution in [0.15, 0.2) is 17.6 Å². The summed E-state index contributed by atoms with van der Waals surface area (Å²) in [6, 6.07) is 0. The van der Waals surface area contributed by atoms with Gasteiger partial charge in [-0.25, -0.2) is 0 Å².